The number of rotatable bonds is 3. The molecule has 0 saturated carbocycles. The molecule has 2 heteroatoms. The molecule has 22 heavy (non-hydrogen) atoms. The predicted molar refractivity (Wildman–Crippen MR) is 95.5 cm³/mol. The van der Waals surface area contributed by atoms with Crippen LogP contribution in [0.3, 0.4) is 0 Å². The van der Waals surface area contributed by atoms with Crippen LogP contribution in [0.25, 0.3) is 5.57 Å². The van der Waals surface area contributed by atoms with Crippen LogP contribution in [-0.4, -0.2) is 17.0 Å². The van der Waals surface area contributed by atoms with Gasteiger partial charge in [-0.25, -0.2) is 0 Å². The van der Waals surface area contributed by atoms with E-state index in [1.165, 1.54) is 40.4 Å². The van der Waals surface area contributed by atoms with Gasteiger partial charge in [0.2, 0.25) is 0 Å². The fourth-order valence-electron chi connectivity index (χ4n) is 3.88. The second-order valence-corrected chi connectivity index (χ2v) is 7.19. The molecule has 2 heterocycles. The van der Waals surface area contributed by atoms with Gasteiger partial charge in [-0.05, 0) is 42.0 Å². The summed E-state index contributed by atoms with van der Waals surface area (Å²) in [4.78, 5) is 2.69. The maximum atomic E-state index is 3.71. The summed E-state index contributed by atoms with van der Waals surface area (Å²) in [5.41, 5.74) is 4.32. The smallest absolute Gasteiger partial charge is 0.0291 e. The molecule has 0 N–H and O–H groups in total. The van der Waals surface area contributed by atoms with E-state index in [1.54, 1.807) is 0 Å². The normalized spacial score (nSPS) is 24.3. The van der Waals surface area contributed by atoms with Crippen LogP contribution in [0.2, 0.25) is 0 Å². The summed E-state index contributed by atoms with van der Waals surface area (Å²) >= 11 is 3.71. The van der Waals surface area contributed by atoms with E-state index in [4.69, 9.17) is 0 Å². The summed E-state index contributed by atoms with van der Waals surface area (Å²) in [7, 11) is 0. The fourth-order valence-corrected chi connectivity index (χ4v) is 4.42. The van der Waals surface area contributed by atoms with Crippen molar-refractivity contribution in [2.75, 3.05) is 0 Å². The van der Waals surface area contributed by atoms with E-state index in [1.807, 2.05) is 0 Å². The minimum Gasteiger partial charge on any atom is -0.289 e. The van der Waals surface area contributed by atoms with E-state index in [0.29, 0.717) is 12.1 Å². The second kappa shape index (κ2) is 6.02. The standard InChI is InChI=1S/C20H20BrN/c21-20-9-5-4-8-19(20)16-12-17-10-11-18(13-16)22(17)14-15-6-2-1-3-7-15/h1-9,12,17-18H,10-11,13-14H2. The highest BCUT2D eigenvalue weighted by molar-refractivity contribution is 9.10. The van der Waals surface area contributed by atoms with Crippen molar-refractivity contribution in [2.45, 2.75) is 37.9 Å². The van der Waals surface area contributed by atoms with Gasteiger partial charge in [0, 0.05) is 23.1 Å². The summed E-state index contributed by atoms with van der Waals surface area (Å²) in [5, 5.41) is 0. The second-order valence-electron chi connectivity index (χ2n) is 6.33. The van der Waals surface area contributed by atoms with Crippen LogP contribution in [0.1, 0.15) is 30.4 Å². The molecule has 2 aliphatic rings. The highest BCUT2D eigenvalue weighted by Gasteiger charge is 2.36. The van der Waals surface area contributed by atoms with Crippen molar-refractivity contribution in [3.05, 3.63) is 76.3 Å². The minimum absolute atomic E-state index is 0.598. The SMILES string of the molecule is Brc1ccccc1C1=CC2CCC(C1)N2Cc1ccccc1. The van der Waals surface area contributed by atoms with Crippen LogP contribution in [0.4, 0.5) is 0 Å². The maximum Gasteiger partial charge on any atom is 0.0291 e. The maximum absolute atomic E-state index is 3.71. The van der Waals surface area contributed by atoms with E-state index >= 15 is 0 Å². The first kappa shape index (κ1) is 14.2. The number of nitrogens with zero attached hydrogens (tertiary/aromatic N) is 1. The molecule has 2 aliphatic heterocycles. The van der Waals surface area contributed by atoms with Crippen molar-refractivity contribution in [3.8, 4) is 0 Å². The van der Waals surface area contributed by atoms with Gasteiger partial charge in [-0.3, -0.25) is 4.90 Å². The Balaban J connectivity index is 1.59. The van der Waals surface area contributed by atoms with Crippen LogP contribution >= 0.6 is 15.9 Å². The Hall–Kier alpha value is -1.38. The molecule has 2 atom stereocenters. The van der Waals surface area contributed by atoms with E-state index in [-0.39, 0.29) is 0 Å². The highest BCUT2D eigenvalue weighted by Crippen LogP contribution is 2.40. The molecule has 0 aromatic heterocycles. The van der Waals surface area contributed by atoms with Gasteiger partial charge < -0.3 is 0 Å². The first-order valence-corrected chi connectivity index (χ1v) is 8.86. The molecule has 2 unspecified atom stereocenters. The third-order valence-electron chi connectivity index (χ3n) is 4.97. The first-order valence-electron chi connectivity index (χ1n) is 8.06. The summed E-state index contributed by atoms with van der Waals surface area (Å²) in [6, 6.07) is 20.8. The fraction of sp³-hybridized carbons (Fsp3) is 0.300. The molecule has 0 aliphatic carbocycles. The van der Waals surface area contributed by atoms with Gasteiger partial charge >= 0.3 is 0 Å². The molecule has 0 spiro atoms. The summed E-state index contributed by atoms with van der Waals surface area (Å²) in [6.45, 7) is 1.08. The molecule has 4 rings (SSSR count). The van der Waals surface area contributed by atoms with Gasteiger partial charge in [-0.1, -0.05) is 70.5 Å². The molecule has 2 aromatic carbocycles. The average Bonchev–Trinajstić information content (AvgIpc) is 2.78. The quantitative estimate of drug-likeness (QED) is 0.726. The number of hydrogen-bond acceptors (Lipinski definition) is 1. The van der Waals surface area contributed by atoms with Crippen LogP contribution in [0.5, 0.6) is 0 Å². The Labute approximate surface area is 140 Å². The van der Waals surface area contributed by atoms with Crippen molar-refractivity contribution in [1.82, 2.24) is 4.90 Å². The summed E-state index contributed by atoms with van der Waals surface area (Å²) in [6.07, 6.45) is 6.30. The largest absolute Gasteiger partial charge is 0.289 e. The zero-order valence-electron chi connectivity index (χ0n) is 12.6. The van der Waals surface area contributed by atoms with Gasteiger partial charge in [0.1, 0.15) is 0 Å². The lowest BCUT2D eigenvalue weighted by atomic mass is 9.94. The first-order chi connectivity index (χ1) is 10.8. The van der Waals surface area contributed by atoms with Gasteiger partial charge in [-0.2, -0.15) is 0 Å². The molecule has 0 amide bonds. The molecule has 2 bridgehead atoms. The zero-order valence-corrected chi connectivity index (χ0v) is 14.2. The van der Waals surface area contributed by atoms with Crippen molar-refractivity contribution in [3.63, 3.8) is 0 Å². The van der Waals surface area contributed by atoms with Crippen molar-refractivity contribution < 1.29 is 0 Å². The molecule has 1 fully saturated rings. The van der Waals surface area contributed by atoms with E-state index in [2.05, 4.69) is 81.5 Å². The predicted octanol–water partition coefficient (Wildman–Crippen LogP) is 5.27. The third-order valence-corrected chi connectivity index (χ3v) is 5.66. The minimum atomic E-state index is 0.598. The number of fused-ring (bicyclic) bond motifs is 2. The van der Waals surface area contributed by atoms with Crippen molar-refractivity contribution in [1.29, 1.82) is 0 Å². The van der Waals surface area contributed by atoms with E-state index < -0.39 is 0 Å². The summed E-state index contributed by atoms with van der Waals surface area (Å²) in [5.74, 6) is 0. The Morgan fingerprint density at radius 1 is 0.955 bits per heavy atom. The van der Waals surface area contributed by atoms with Crippen molar-refractivity contribution >= 4 is 21.5 Å². The van der Waals surface area contributed by atoms with Gasteiger partial charge in [0.05, 0.1) is 0 Å². The molecule has 0 radical (unpaired) electrons. The summed E-state index contributed by atoms with van der Waals surface area (Å²) < 4.78 is 1.22. The molecule has 1 saturated heterocycles. The van der Waals surface area contributed by atoms with Gasteiger partial charge in [0.25, 0.3) is 0 Å². The number of hydrogen-bond donors (Lipinski definition) is 0. The lowest BCUT2D eigenvalue weighted by Gasteiger charge is -2.34. The van der Waals surface area contributed by atoms with Crippen molar-refractivity contribution in [2.24, 2.45) is 0 Å². The lowest BCUT2D eigenvalue weighted by Crippen LogP contribution is -2.37. The van der Waals surface area contributed by atoms with Gasteiger partial charge in [0.15, 0.2) is 0 Å². The Morgan fingerprint density at radius 2 is 1.73 bits per heavy atom. The lowest BCUT2D eigenvalue weighted by molar-refractivity contribution is 0.203. The topological polar surface area (TPSA) is 3.24 Å². The zero-order chi connectivity index (χ0) is 14.9. The average molecular weight is 354 g/mol. The van der Waals surface area contributed by atoms with Crippen LogP contribution in [0.15, 0.2) is 65.1 Å². The molecule has 1 nitrogen and oxygen atoms in total. The monoisotopic (exact) mass is 353 g/mol. The van der Waals surface area contributed by atoms with Crippen LogP contribution < -0.4 is 0 Å². The Bertz CT molecular complexity index is 692. The third kappa shape index (κ3) is 2.66. The highest BCUT2D eigenvalue weighted by atomic mass is 79.9. The van der Waals surface area contributed by atoms with E-state index in [9.17, 15) is 0 Å². The number of benzene rings is 2. The molecular weight excluding hydrogens is 334 g/mol. The Kier molecular flexibility index (Phi) is 3.89. The molecular formula is C20H20BrN. The Morgan fingerprint density at radius 3 is 2.50 bits per heavy atom. The molecule has 2 aromatic rings. The number of halogens is 1. The van der Waals surface area contributed by atoms with Crippen LogP contribution in [0, 0.1) is 0 Å². The molecule has 112 valence electrons. The van der Waals surface area contributed by atoms with E-state index in [0.717, 1.165) is 6.54 Å². The van der Waals surface area contributed by atoms with Gasteiger partial charge in [-0.15, -0.1) is 0 Å². The van der Waals surface area contributed by atoms with Crippen LogP contribution in [-0.2, 0) is 6.54 Å².